The lowest BCUT2D eigenvalue weighted by atomic mass is 10.1. The highest BCUT2D eigenvalue weighted by Gasteiger charge is 2.20. The monoisotopic (exact) mass is 224 g/mol. The molecule has 0 aliphatic carbocycles. The molecule has 0 unspecified atom stereocenters. The predicted molar refractivity (Wildman–Crippen MR) is 57.7 cm³/mol. The maximum atomic E-state index is 11.6. The van der Waals surface area contributed by atoms with E-state index in [4.69, 9.17) is 0 Å². The van der Waals surface area contributed by atoms with Crippen molar-refractivity contribution in [2.75, 3.05) is 0 Å². The molecule has 5 heteroatoms. The molecule has 1 aromatic rings. The number of pyridine rings is 1. The lowest BCUT2D eigenvalue weighted by molar-refractivity contribution is 0.589. The molecule has 0 spiro atoms. The fourth-order valence-electron chi connectivity index (χ4n) is 1.42. The van der Waals surface area contributed by atoms with E-state index in [0.717, 1.165) is 5.69 Å². The minimum Gasteiger partial charge on any atom is -0.286 e. The Morgan fingerprint density at radius 1 is 1.40 bits per heavy atom. The molecular formula is C10H12N2O2S. The first-order valence-corrected chi connectivity index (χ1v) is 6.18. The number of nitrogens with zero attached hydrogens (tertiary/aromatic N) is 1. The van der Waals surface area contributed by atoms with Crippen LogP contribution in [-0.2, 0) is 10.0 Å². The van der Waals surface area contributed by atoms with Crippen LogP contribution < -0.4 is 4.72 Å². The van der Waals surface area contributed by atoms with Crippen LogP contribution in [0.25, 0.3) is 6.08 Å². The molecule has 1 aliphatic heterocycles. The number of sulfonamides is 1. The maximum absolute atomic E-state index is 11.6. The smallest absolute Gasteiger partial charge is 0.263 e. The standard InChI is InChI=1S/C10H12N2O2S/c1-7(2)9-5-8-3-4-12-15(13,14)10(8)6-11-9/h3-7,12H,1-2H3. The molecule has 0 saturated heterocycles. The van der Waals surface area contributed by atoms with Crippen molar-refractivity contribution in [3.05, 3.63) is 29.7 Å². The van der Waals surface area contributed by atoms with Gasteiger partial charge in [-0.1, -0.05) is 13.8 Å². The average Bonchev–Trinajstić information content (AvgIpc) is 2.16. The number of hydrogen-bond acceptors (Lipinski definition) is 3. The fraction of sp³-hybridized carbons (Fsp3) is 0.300. The van der Waals surface area contributed by atoms with Crippen molar-refractivity contribution in [2.24, 2.45) is 0 Å². The Morgan fingerprint density at radius 2 is 2.13 bits per heavy atom. The van der Waals surface area contributed by atoms with Crippen molar-refractivity contribution in [1.29, 1.82) is 0 Å². The number of nitrogens with one attached hydrogen (secondary N) is 1. The number of rotatable bonds is 1. The van der Waals surface area contributed by atoms with E-state index in [9.17, 15) is 8.42 Å². The third kappa shape index (κ3) is 1.74. The molecule has 1 aliphatic rings. The Hall–Kier alpha value is -1.36. The number of hydrogen-bond donors (Lipinski definition) is 1. The van der Waals surface area contributed by atoms with Crippen LogP contribution in [0.4, 0.5) is 0 Å². The quantitative estimate of drug-likeness (QED) is 0.785. The minimum absolute atomic E-state index is 0.245. The van der Waals surface area contributed by atoms with Gasteiger partial charge in [0.15, 0.2) is 0 Å². The molecule has 2 heterocycles. The normalized spacial score (nSPS) is 17.3. The van der Waals surface area contributed by atoms with Crippen LogP contribution in [0.3, 0.4) is 0 Å². The van der Waals surface area contributed by atoms with Crippen molar-refractivity contribution >= 4 is 16.1 Å². The van der Waals surface area contributed by atoms with E-state index in [2.05, 4.69) is 9.71 Å². The van der Waals surface area contributed by atoms with Crippen molar-refractivity contribution < 1.29 is 8.42 Å². The Morgan fingerprint density at radius 3 is 2.80 bits per heavy atom. The van der Waals surface area contributed by atoms with Gasteiger partial charge in [0.2, 0.25) is 0 Å². The van der Waals surface area contributed by atoms with Gasteiger partial charge in [-0.3, -0.25) is 9.71 Å². The summed E-state index contributed by atoms with van der Waals surface area (Å²) in [6.45, 7) is 4.04. The number of fused-ring (bicyclic) bond motifs is 1. The van der Waals surface area contributed by atoms with Gasteiger partial charge in [-0.15, -0.1) is 0 Å². The molecule has 4 nitrogen and oxygen atoms in total. The summed E-state index contributed by atoms with van der Waals surface area (Å²) in [4.78, 5) is 4.38. The Kier molecular flexibility index (Phi) is 2.26. The molecule has 0 amide bonds. The molecular weight excluding hydrogens is 212 g/mol. The van der Waals surface area contributed by atoms with Crippen LogP contribution in [-0.4, -0.2) is 13.4 Å². The van der Waals surface area contributed by atoms with E-state index in [-0.39, 0.29) is 4.90 Å². The zero-order valence-corrected chi connectivity index (χ0v) is 9.38. The summed E-state index contributed by atoms with van der Waals surface area (Å²) in [7, 11) is -3.38. The summed E-state index contributed by atoms with van der Waals surface area (Å²) >= 11 is 0. The van der Waals surface area contributed by atoms with Crippen molar-refractivity contribution in [3.8, 4) is 0 Å². The second-order valence-electron chi connectivity index (χ2n) is 3.76. The van der Waals surface area contributed by atoms with Gasteiger partial charge in [0, 0.05) is 18.1 Å². The van der Waals surface area contributed by atoms with Crippen molar-refractivity contribution in [1.82, 2.24) is 9.71 Å². The van der Waals surface area contributed by atoms with Crippen LogP contribution in [0.2, 0.25) is 0 Å². The van der Waals surface area contributed by atoms with Gasteiger partial charge >= 0.3 is 0 Å². The second-order valence-corrected chi connectivity index (χ2v) is 5.44. The largest absolute Gasteiger partial charge is 0.286 e. The molecule has 1 N–H and O–H groups in total. The highest BCUT2D eigenvalue weighted by Crippen LogP contribution is 2.23. The summed E-state index contributed by atoms with van der Waals surface area (Å²) in [6, 6.07) is 1.81. The summed E-state index contributed by atoms with van der Waals surface area (Å²) in [6.07, 6.45) is 4.59. The average molecular weight is 224 g/mol. The van der Waals surface area contributed by atoms with E-state index in [0.29, 0.717) is 11.5 Å². The van der Waals surface area contributed by atoms with Gasteiger partial charge in [0.05, 0.1) is 0 Å². The zero-order chi connectivity index (χ0) is 11.1. The third-order valence-corrected chi connectivity index (χ3v) is 3.65. The van der Waals surface area contributed by atoms with Crippen molar-refractivity contribution in [3.63, 3.8) is 0 Å². The summed E-state index contributed by atoms with van der Waals surface area (Å²) in [5, 5.41) is 0. The van der Waals surface area contributed by atoms with Gasteiger partial charge in [-0.05, 0) is 23.6 Å². The summed E-state index contributed by atoms with van der Waals surface area (Å²) in [5.74, 6) is 0.293. The first-order chi connectivity index (χ1) is 7.00. The van der Waals surface area contributed by atoms with Gasteiger partial charge < -0.3 is 0 Å². The third-order valence-electron chi connectivity index (χ3n) is 2.29. The van der Waals surface area contributed by atoms with Crippen LogP contribution in [0.5, 0.6) is 0 Å². The molecule has 15 heavy (non-hydrogen) atoms. The van der Waals surface area contributed by atoms with Gasteiger partial charge in [0.25, 0.3) is 10.0 Å². The highest BCUT2D eigenvalue weighted by atomic mass is 32.2. The molecule has 0 atom stereocenters. The zero-order valence-electron chi connectivity index (χ0n) is 8.56. The Bertz CT molecular complexity index is 518. The Labute approximate surface area is 89.1 Å². The molecule has 0 saturated carbocycles. The first-order valence-electron chi connectivity index (χ1n) is 4.69. The van der Waals surface area contributed by atoms with E-state index < -0.39 is 10.0 Å². The molecule has 0 radical (unpaired) electrons. The molecule has 0 fully saturated rings. The number of aromatic nitrogens is 1. The molecule has 0 aromatic carbocycles. The minimum atomic E-state index is -3.38. The van der Waals surface area contributed by atoms with Gasteiger partial charge in [-0.2, -0.15) is 0 Å². The van der Waals surface area contributed by atoms with Crippen LogP contribution in [0.15, 0.2) is 23.4 Å². The lowest BCUT2D eigenvalue weighted by Crippen LogP contribution is -2.22. The fourth-order valence-corrected chi connectivity index (χ4v) is 2.43. The van der Waals surface area contributed by atoms with E-state index in [1.54, 1.807) is 6.08 Å². The second kappa shape index (κ2) is 3.34. The Balaban J connectivity index is 2.61. The van der Waals surface area contributed by atoms with Gasteiger partial charge in [0.1, 0.15) is 4.90 Å². The van der Waals surface area contributed by atoms with Crippen molar-refractivity contribution in [2.45, 2.75) is 24.7 Å². The van der Waals surface area contributed by atoms with Crippen LogP contribution in [0, 0.1) is 0 Å². The molecule has 80 valence electrons. The summed E-state index contributed by atoms with van der Waals surface area (Å²) < 4.78 is 25.4. The molecule has 0 bridgehead atoms. The van der Waals surface area contributed by atoms with Crippen LogP contribution >= 0.6 is 0 Å². The van der Waals surface area contributed by atoms with Gasteiger partial charge in [-0.25, -0.2) is 8.42 Å². The topological polar surface area (TPSA) is 59.1 Å². The van der Waals surface area contributed by atoms with Crippen LogP contribution in [0.1, 0.15) is 31.0 Å². The predicted octanol–water partition coefficient (Wildman–Crippen LogP) is 1.47. The SMILES string of the molecule is CC(C)c1cc2c(cn1)S(=O)(=O)NC=C2. The van der Waals surface area contributed by atoms with E-state index in [1.807, 2.05) is 19.9 Å². The summed E-state index contributed by atoms with van der Waals surface area (Å²) in [5.41, 5.74) is 1.60. The molecule has 2 rings (SSSR count). The first kappa shape index (κ1) is 10.2. The highest BCUT2D eigenvalue weighted by molar-refractivity contribution is 7.89. The molecule has 1 aromatic heterocycles. The van der Waals surface area contributed by atoms with E-state index in [1.165, 1.54) is 12.4 Å². The lowest BCUT2D eigenvalue weighted by Gasteiger charge is -2.14. The van der Waals surface area contributed by atoms with E-state index >= 15 is 0 Å². The maximum Gasteiger partial charge on any atom is 0.263 e.